The quantitative estimate of drug-likeness (QED) is 0.0123. The number of carboxylic acids is 1. The zero-order valence-corrected chi connectivity index (χ0v) is 79.8. The number of thioether (sulfide) groups is 1. The first-order valence-corrected chi connectivity index (χ1v) is 47.6. The molecule has 118 heavy (non-hydrogen) atoms. The van der Waals surface area contributed by atoms with E-state index in [9.17, 15) is 29.1 Å². The molecule has 9 saturated carbocycles. The Hall–Kier alpha value is -2.66. The van der Waals surface area contributed by atoms with Gasteiger partial charge in [-0.15, -0.1) is 34.0 Å². The average Bonchev–Trinajstić information content (AvgIpc) is 1.69. The van der Waals surface area contributed by atoms with Crippen LogP contribution in [0.25, 0.3) is 0 Å². The predicted octanol–water partition coefficient (Wildman–Crippen LogP) is 17.0. The average molecular weight is 1820 g/mol. The van der Waals surface area contributed by atoms with Gasteiger partial charge in [0.05, 0.1) is 78.4 Å². The SMILES string of the molecule is C=C1CCC2[C@]3(C)CO[C@@H](C4CCCC4)O[C@@H]3CC[C@@]2(C)[C@@H]1CCBr.C=C1CCC2[C@]3(C)CO[C@@H](C4CCCC4)O[C@@H]3CC[C@@]2(C)[C@@H]1CCOc1cscc1C(=O)O.C=C1CCC2[C@]3(C)CO[C@@H](C4CCCC4)O[C@@H]3CC[C@@]2(C)[C@@H]1CCOc1cscc1C(=O)OC.CO.COC(=O)C1CSCC1=O.COC(=O)c1cscc1O.OO.[K+].[OH-]. The normalized spacial score (nSPS) is 35.2. The van der Waals surface area contributed by atoms with E-state index in [4.69, 9.17) is 63.4 Å². The summed E-state index contributed by atoms with van der Waals surface area (Å²) in [5.41, 5.74) is 6.09. The molecule has 19 atom stereocenters. The van der Waals surface area contributed by atoms with Crippen molar-refractivity contribution in [3.63, 3.8) is 0 Å². The topological polar surface area (TPSA) is 318 Å². The number of alkyl halides is 1. The molecule has 16 rings (SSSR count). The van der Waals surface area contributed by atoms with Gasteiger partial charge in [-0.1, -0.05) is 132 Å². The molecule has 0 aromatic carbocycles. The number of hydrogen-bond donors (Lipinski definition) is 5. The maximum atomic E-state index is 12.0. The van der Waals surface area contributed by atoms with Crippen molar-refractivity contribution in [2.24, 2.45) is 91.7 Å². The second-order valence-electron chi connectivity index (χ2n) is 36.2. The van der Waals surface area contributed by atoms with Crippen LogP contribution in [0.3, 0.4) is 0 Å². The van der Waals surface area contributed by atoms with Gasteiger partial charge in [0.25, 0.3) is 0 Å². The Balaban J connectivity index is 0.000000193. The fourth-order valence-corrected chi connectivity index (χ4v) is 27.5. The molecule has 0 radical (unpaired) electrons. The number of halogens is 1. The number of allylic oxidation sites excluding steroid dienone is 3. The summed E-state index contributed by atoms with van der Waals surface area (Å²) >= 11 is 9.27. The molecule has 13 aliphatic rings. The van der Waals surface area contributed by atoms with E-state index in [1.54, 1.807) is 21.5 Å². The van der Waals surface area contributed by atoms with Crippen LogP contribution in [0.2, 0.25) is 0 Å². The van der Waals surface area contributed by atoms with Crippen LogP contribution in [0.4, 0.5) is 0 Å². The number of thiophene rings is 3. The number of methoxy groups -OCH3 is 3. The van der Waals surface area contributed by atoms with Crippen LogP contribution in [-0.4, -0.2) is 176 Å². The Morgan fingerprint density at radius 3 is 1.18 bits per heavy atom. The van der Waals surface area contributed by atoms with Gasteiger partial charge in [-0.05, 0) is 187 Å². The van der Waals surface area contributed by atoms with Crippen molar-refractivity contribution in [1.29, 1.82) is 0 Å². The van der Waals surface area contributed by atoms with Crippen LogP contribution in [0, 0.1) is 91.7 Å². The number of esters is 3. The van der Waals surface area contributed by atoms with Crippen LogP contribution in [0.15, 0.2) is 68.7 Å². The summed E-state index contributed by atoms with van der Waals surface area (Å²) in [7, 11) is 4.99. The number of hydrogen-bond acceptors (Lipinski definition) is 25. The number of ether oxygens (including phenoxy) is 11. The molecule has 7 heterocycles. The summed E-state index contributed by atoms with van der Waals surface area (Å²) in [4.78, 5) is 55.7. The van der Waals surface area contributed by atoms with Crippen LogP contribution in [0.5, 0.6) is 17.2 Å². The summed E-state index contributed by atoms with van der Waals surface area (Å²) in [6, 6.07) is 0. The van der Waals surface area contributed by atoms with Gasteiger partial charge in [-0.25, -0.2) is 14.4 Å². The molecule has 4 unspecified atom stereocenters. The number of carbonyl (C=O) groups is 5. The minimum atomic E-state index is -0.931. The maximum absolute atomic E-state index is 12.0. The van der Waals surface area contributed by atoms with Crippen LogP contribution >= 0.6 is 61.7 Å². The number of rotatable bonds is 17. The smallest absolute Gasteiger partial charge is 0.870 e. The Bertz CT molecular complexity index is 3760. The molecule has 4 saturated heterocycles. The van der Waals surface area contributed by atoms with Gasteiger partial charge >= 0.3 is 75.3 Å². The molecule has 658 valence electrons. The van der Waals surface area contributed by atoms with Gasteiger partial charge in [0, 0.05) is 84.5 Å². The van der Waals surface area contributed by atoms with Crippen molar-refractivity contribution in [3.05, 3.63) is 85.4 Å². The zero-order valence-electron chi connectivity index (χ0n) is 71.8. The van der Waals surface area contributed by atoms with Crippen molar-refractivity contribution in [2.75, 3.05) is 78.3 Å². The minimum absolute atomic E-state index is 0. The van der Waals surface area contributed by atoms with E-state index < -0.39 is 23.8 Å². The number of Topliss-reactive ketones (excluding diaryl/α,β-unsaturated/α-hetero) is 1. The standard InChI is InChI=1S/C28H40O5S.C27H38O5S.C22H35BrO2.C6H8O3S.C6H6O3S.CH4O.K.H2O2.H2O/c1-18-9-10-23-27(2,21(18)12-14-31-22-16-34-15-20(22)25(29)30-4)13-11-24-28(23,3)17-32-26(33-24)19-7-5-6-8-19;1-17-8-9-22-26(2,20(17)11-13-30-21-15-33-14-19(21)24(28)29)12-10-23-27(22,3)16-31-25(32-23)18-6-4-5-7-18;1-15-8-9-18-21(2,17(15)11-13-23)12-10-19-22(18,3)14-24-20(25-19)16-6-4-5-7-16;2*1-9-6(8)4-2-10-3-5(4)7;1-2;;1-2;/h15-16,19,21,23-24,26H,1,5-14,17H2,2-4H3;14-15,18,20,22-23,25H,1,4-13,16H2,2-3H3,(H,28,29);16-20H,1,4-14H2,2-3H3;4H,2-3H2,1H3;2-3,7H,1H3;2H,1H3;;1-2H;1H2/q;;;;;;+1;;/p-1/t21-,23?,24-,26-,27+,28+;20-,22?,23-,25-,26+,27+;17-,18?,19-,20-,21+,22+;;;;;;/m111....../s1. The molecule has 3 aromatic heterocycles. The molecule has 9 aliphatic carbocycles. The Morgan fingerprint density at radius 2 is 0.847 bits per heavy atom. The van der Waals surface area contributed by atoms with Crippen molar-refractivity contribution < 1.29 is 159 Å². The Labute approximate surface area is 767 Å². The maximum Gasteiger partial charge on any atom is 1.00 e. The summed E-state index contributed by atoms with van der Waals surface area (Å²) < 4.78 is 65.1. The minimum Gasteiger partial charge on any atom is -0.870 e. The van der Waals surface area contributed by atoms with Gasteiger partial charge in [0.15, 0.2) is 24.7 Å². The molecular formula is C90H134BrKO22S4. The third-order valence-corrected chi connectivity index (χ3v) is 33.6. The van der Waals surface area contributed by atoms with Crippen molar-refractivity contribution >= 4 is 91.4 Å². The van der Waals surface area contributed by atoms with Crippen LogP contribution < -0.4 is 60.9 Å². The number of aliphatic hydroxyl groups is 1. The largest absolute Gasteiger partial charge is 1.00 e. The van der Waals surface area contributed by atoms with Gasteiger partial charge in [0.1, 0.15) is 39.9 Å². The Morgan fingerprint density at radius 1 is 0.500 bits per heavy atom. The Kier molecular flexibility index (Phi) is 39.0. The number of aliphatic hydroxyl groups excluding tert-OH is 1. The third kappa shape index (κ3) is 22.1. The van der Waals surface area contributed by atoms with Gasteiger partial charge < -0.3 is 72.9 Å². The van der Waals surface area contributed by atoms with E-state index in [1.807, 2.05) is 5.38 Å². The molecular weight excluding hydrogens is 1680 g/mol. The van der Waals surface area contributed by atoms with E-state index in [-0.39, 0.29) is 138 Å². The molecule has 0 bridgehead atoms. The van der Waals surface area contributed by atoms with Crippen molar-refractivity contribution in [3.8, 4) is 17.2 Å². The molecule has 28 heteroatoms. The summed E-state index contributed by atoms with van der Waals surface area (Å²) in [6.07, 6.45) is 33.4. The first-order valence-electron chi connectivity index (χ1n) is 42.5. The second kappa shape index (κ2) is 45.7. The second-order valence-corrected chi connectivity index (χ2v) is 40.2. The van der Waals surface area contributed by atoms with E-state index in [1.165, 1.54) is 198 Å². The molecule has 0 spiro atoms. The predicted molar refractivity (Wildman–Crippen MR) is 458 cm³/mol. The van der Waals surface area contributed by atoms with E-state index in [0.717, 1.165) is 96.5 Å². The summed E-state index contributed by atoms with van der Waals surface area (Å²) in [5, 5.41) is 48.5. The van der Waals surface area contributed by atoms with Crippen LogP contribution in [0.1, 0.15) is 246 Å². The molecule has 0 amide bonds. The molecule has 6 N–H and O–H groups in total. The van der Waals surface area contributed by atoms with Crippen molar-refractivity contribution in [2.45, 2.75) is 252 Å². The van der Waals surface area contributed by atoms with Gasteiger partial charge in [-0.3, -0.25) is 20.1 Å². The first-order chi connectivity index (χ1) is 55.7. The third-order valence-electron chi connectivity index (χ3n) is 29.9. The summed E-state index contributed by atoms with van der Waals surface area (Å²) in [6.45, 7) is 31.8. The molecule has 3 aromatic rings. The van der Waals surface area contributed by atoms with Crippen molar-refractivity contribution in [1.82, 2.24) is 0 Å². The van der Waals surface area contributed by atoms with Gasteiger partial charge in [-0.2, -0.15) is 11.8 Å². The zero-order chi connectivity index (χ0) is 83.9. The number of carbonyl (C=O) groups excluding carboxylic acids is 4. The van der Waals surface area contributed by atoms with Crippen LogP contribution in [-0.2, 0) is 52.2 Å². The van der Waals surface area contributed by atoms with E-state index in [0.29, 0.717) is 113 Å². The monoisotopic (exact) mass is 1810 g/mol. The number of aromatic hydroxyl groups is 1. The number of aromatic carboxylic acids is 1. The number of ketones is 1. The molecule has 22 nitrogen and oxygen atoms in total. The van der Waals surface area contributed by atoms with Gasteiger partial charge in [0.2, 0.25) is 0 Å². The fourth-order valence-electron chi connectivity index (χ4n) is 23.8. The number of carboxylic acid groups (broad SMARTS) is 1. The number of fused-ring (bicyclic) bond motifs is 9. The summed E-state index contributed by atoms with van der Waals surface area (Å²) in [5.74, 6) is 4.47. The molecule has 13 fully saturated rings. The van der Waals surface area contributed by atoms with E-state index >= 15 is 0 Å². The van der Waals surface area contributed by atoms with E-state index in [2.05, 4.69) is 86.7 Å². The molecule has 4 aliphatic heterocycles. The fraction of sp³-hybridized carbons (Fsp3) is 0.744. The first kappa shape index (κ1) is 101.